The summed E-state index contributed by atoms with van der Waals surface area (Å²) in [5.74, 6) is -0.346. The van der Waals surface area contributed by atoms with Gasteiger partial charge in [0, 0.05) is 40.0 Å². The molecule has 0 saturated heterocycles. The number of likely N-dealkylation sites (N-methyl/N-ethyl adjacent to an activating group) is 1. The van der Waals surface area contributed by atoms with Crippen molar-refractivity contribution in [2.75, 3.05) is 27.3 Å². The van der Waals surface area contributed by atoms with Crippen molar-refractivity contribution < 1.29 is 14.6 Å². The Balaban J connectivity index is 2.74. The van der Waals surface area contributed by atoms with Gasteiger partial charge in [0.1, 0.15) is 6.54 Å². The number of aliphatic hydroxyl groups is 1. The van der Waals surface area contributed by atoms with E-state index in [0.717, 1.165) is 9.13 Å². The molecule has 1 N–H and O–H groups in total. The minimum atomic E-state index is -0.786. The van der Waals surface area contributed by atoms with E-state index in [4.69, 9.17) is 4.74 Å². The lowest BCUT2D eigenvalue weighted by Crippen LogP contribution is -2.42. The van der Waals surface area contributed by atoms with Crippen LogP contribution >= 0.6 is 0 Å². The molecule has 1 aromatic heterocycles. The maximum atomic E-state index is 11.9. The lowest BCUT2D eigenvalue weighted by Gasteiger charge is -2.20. The quantitative estimate of drug-likeness (QED) is 0.653. The second-order valence-corrected chi connectivity index (χ2v) is 4.51. The Kier molecular flexibility index (Phi) is 5.66. The number of hydrogen-bond acceptors (Lipinski definition) is 5. The predicted octanol–water partition coefficient (Wildman–Crippen LogP) is -1.99. The van der Waals surface area contributed by atoms with Gasteiger partial charge in [-0.1, -0.05) is 0 Å². The van der Waals surface area contributed by atoms with Crippen molar-refractivity contribution in [2.24, 2.45) is 7.05 Å². The Morgan fingerprint density at radius 1 is 1.50 bits per heavy atom. The monoisotopic (exact) mass is 285 g/mol. The topological polar surface area (TPSA) is 93.8 Å². The van der Waals surface area contributed by atoms with E-state index in [1.807, 2.05) is 0 Å². The van der Waals surface area contributed by atoms with E-state index in [-0.39, 0.29) is 25.6 Å². The van der Waals surface area contributed by atoms with Crippen molar-refractivity contribution in [3.05, 3.63) is 33.1 Å². The van der Waals surface area contributed by atoms with Crippen LogP contribution in [-0.2, 0) is 23.1 Å². The van der Waals surface area contributed by atoms with Crippen LogP contribution in [0, 0.1) is 0 Å². The molecule has 8 nitrogen and oxygen atoms in total. The highest BCUT2D eigenvalue weighted by Gasteiger charge is 2.15. The molecule has 112 valence electrons. The molecule has 0 aliphatic rings. The van der Waals surface area contributed by atoms with E-state index in [2.05, 4.69) is 0 Å². The highest BCUT2D eigenvalue weighted by atomic mass is 16.5. The molecular weight excluding hydrogens is 266 g/mol. The lowest BCUT2D eigenvalue weighted by atomic mass is 10.3. The first-order valence-corrected chi connectivity index (χ1v) is 6.04. The van der Waals surface area contributed by atoms with Gasteiger partial charge in [-0.3, -0.25) is 18.7 Å². The van der Waals surface area contributed by atoms with Crippen molar-refractivity contribution in [1.82, 2.24) is 14.0 Å². The average Bonchev–Trinajstić information content (AvgIpc) is 2.39. The van der Waals surface area contributed by atoms with Crippen LogP contribution in [0.4, 0.5) is 0 Å². The first kappa shape index (κ1) is 16.1. The van der Waals surface area contributed by atoms with Crippen molar-refractivity contribution in [3.8, 4) is 0 Å². The molecule has 0 fully saturated rings. The molecule has 0 radical (unpaired) electrons. The highest BCUT2D eigenvalue weighted by Crippen LogP contribution is 1.93. The molecule has 1 unspecified atom stereocenters. The first-order chi connectivity index (χ1) is 9.36. The van der Waals surface area contributed by atoms with Crippen molar-refractivity contribution in [3.63, 3.8) is 0 Å². The van der Waals surface area contributed by atoms with E-state index < -0.39 is 17.4 Å². The molecule has 0 saturated carbocycles. The standard InChI is InChI=1S/C12H19N3O5/c1-13(6-9(16)8-20-3)11(18)7-15-5-4-10(17)14(2)12(15)19/h4-5,9,16H,6-8H2,1-3H3. The fourth-order valence-electron chi connectivity index (χ4n) is 1.67. The van der Waals surface area contributed by atoms with Crippen LogP contribution in [0.2, 0.25) is 0 Å². The molecule has 0 spiro atoms. The maximum Gasteiger partial charge on any atom is 0.331 e. The van der Waals surface area contributed by atoms with E-state index in [9.17, 15) is 19.5 Å². The summed E-state index contributed by atoms with van der Waals surface area (Å²) in [7, 11) is 4.32. The minimum Gasteiger partial charge on any atom is -0.389 e. The predicted molar refractivity (Wildman–Crippen MR) is 71.5 cm³/mol. The zero-order chi connectivity index (χ0) is 15.3. The van der Waals surface area contributed by atoms with Crippen LogP contribution in [0.1, 0.15) is 0 Å². The van der Waals surface area contributed by atoms with Crippen LogP contribution < -0.4 is 11.2 Å². The van der Waals surface area contributed by atoms with Crippen LogP contribution in [0.5, 0.6) is 0 Å². The maximum absolute atomic E-state index is 11.9. The van der Waals surface area contributed by atoms with Gasteiger partial charge >= 0.3 is 5.69 Å². The van der Waals surface area contributed by atoms with E-state index >= 15 is 0 Å². The molecule has 1 heterocycles. The van der Waals surface area contributed by atoms with E-state index in [1.165, 1.54) is 38.4 Å². The number of aromatic nitrogens is 2. The normalized spacial score (nSPS) is 12.2. The fraction of sp³-hybridized carbons (Fsp3) is 0.583. The largest absolute Gasteiger partial charge is 0.389 e. The summed E-state index contributed by atoms with van der Waals surface area (Å²) in [5, 5.41) is 9.54. The Morgan fingerprint density at radius 3 is 2.75 bits per heavy atom. The third-order valence-corrected chi connectivity index (χ3v) is 2.84. The SMILES string of the molecule is COCC(O)CN(C)C(=O)Cn1ccc(=O)n(C)c1=O. The molecule has 0 aliphatic heterocycles. The second kappa shape index (κ2) is 7.01. The smallest absolute Gasteiger partial charge is 0.331 e. The number of nitrogens with zero attached hydrogens (tertiary/aromatic N) is 3. The Morgan fingerprint density at radius 2 is 2.15 bits per heavy atom. The van der Waals surface area contributed by atoms with Crippen LogP contribution in [-0.4, -0.2) is 58.5 Å². The van der Waals surface area contributed by atoms with Crippen molar-refractivity contribution >= 4 is 5.91 Å². The molecule has 8 heteroatoms. The minimum absolute atomic E-state index is 0.104. The van der Waals surface area contributed by atoms with Gasteiger partial charge in [-0.15, -0.1) is 0 Å². The van der Waals surface area contributed by atoms with Gasteiger partial charge in [-0.05, 0) is 0 Å². The Hall–Kier alpha value is -1.93. The second-order valence-electron chi connectivity index (χ2n) is 4.51. The van der Waals surface area contributed by atoms with Gasteiger partial charge in [-0.25, -0.2) is 4.79 Å². The lowest BCUT2D eigenvalue weighted by molar-refractivity contribution is -0.132. The Bertz CT molecular complexity index is 577. The summed E-state index contributed by atoms with van der Waals surface area (Å²) >= 11 is 0. The number of carbonyl (C=O) groups is 1. The summed E-state index contributed by atoms with van der Waals surface area (Å²) in [6.45, 7) is 0.0355. The number of amides is 1. The number of hydrogen-bond donors (Lipinski definition) is 1. The molecule has 0 aromatic carbocycles. The van der Waals surface area contributed by atoms with Crippen LogP contribution in [0.15, 0.2) is 21.9 Å². The van der Waals surface area contributed by atoms with E-state index in [0.29, 0.717) is 0 Å². The van der Waals surface area contributed by atoms with Crippen molar-refractivity contribution in [1.29, 1.82) is 0 Å². The van der Waals surface area contributed by atoms with Gasteiger partial charge in [0.25, 0.3) is 5.56 Å². The molecule has 1 amide bonds. The van der Waals surface area contributed by atoms with Gasteiger partial charge in [-0.2, -0.15) is 0 Å². The molecule has 1 atom stereocenters. The van der Waals surface area contributed by atoms with Crippen molar-refractivity contribution in [2.45, 2.75) is 12.6 Å². The summed E-state index contributed by atoms with van der Waals surface area (Å²) in [6.07, 6.45) is 0.493. The van der Waals surface area contributed by atoms with Gasteiger partial charge in [0.05, 0.1) is 12.7 Å². The summed E-state index contributed by atoms with van der Waals surface area (Å²) in [6, 6.07) is 1.22. The average molecular weight is 285 g/mol. The number of carbonyl (C=O) groups excluding carboxylic acids is 1. The molecule has 1 rings (SSSR count). The fourth-order valence-corrected chi connectivity index (χ4v) is 1.67. The zero-order valence-corrected chi connectivity index (χ0v) is 11.8. The summed E-state index contributed by atoms with van der Waals surface area (Å²) in [5.41, 5.74) is -0.987. The molecule has 20 heavy (non-hydrogen) atoms. The summed E-state index contributed by atoms with van der Waals surface area (Å²) < 4.78 is 6.83. The molecule has 0 bridgehead atoms. The highest BCUT2D eigenvalue weighted by molar-refractivity contribution is 5.75. The number of rotatable bonds is 6. The number of methoxy groups -OCH3 is 1. The zero-order valence-electron chi connectivity index (χ0n) is 11.8. The van der Waals surface area contributed by atoms with Crippen LogP contribution in [0.25, 0.3) is 0 Å². The number of aliphatic hydroxyl groups excluding tert-OH is 1. The van der Waals surface area contributed by atoms with Gasteiger partial charge in [0.2, 0.25) is 5.91 Å². The third-order valence-electron chi connectivity index (χ3n) is 2.84. The third kappa shape index (κ3) is 4.04. The first-order valence-electron chi connectivity index (χ1n) is 6.04. The number of ether oxygens (including phenoxy) is 1. The van der Waals surface area contributed by atoms with Crippen LogP contribution in [0.3, 0.4) is 0 Å². The molecule has 0 aliphatic carbocycles. The Labute approximate surface area is 115 Å². The molecule has 1 aromatic rings. The van der Waals surface area contributed by atoms with Gasteiger partial charge in [0.15, 0.2) is 0 Å². The molecular formula is C12H19N3O5. The van der Waals surface area contributed by atoms with E-state index in [1.54, 1.807) is 0 Å². The van der Waals surface area contributed by atoms with Gasteiger partial charge < -0.3 is 14.7 Å². The summed E-state index contributed by atoms with van der Waals surface area (Å²) in [4.78, 5) is 36.2.